The normalized spacial score (nSPS) is 15.0. The van der Waals surface area contributed by atoms with Crippen LogP contribution in [0.15, 0.2) is 88.2 Å². The Labute approximate surface area is 258 Å². The minimum atomic E-state index is -4.74. The first-order valence-corrected chi connectivity index (χ1v) is 16.2. The van der Waals surface area contributed by atoms with Gasteiger partial charge in [-0.2, -0.15) is 13.2 Å². The van der Waals surface area contributed by atoms with Crippen molar-refractivity contribution in [3.63, 3.8) is 0 Å². The van der Waals surface area contributed by atoms with Gasteiger partial charge in [-0.05, 0) is 67.8 Å². The van der Waals surface area contributed by atoms with Gasteiger partial charge >= 0.3 is 6.18 Å². The highest BCUT2D eigenvalue weighted by Crippen LogP contribution is 2.33. The lowest BCUT2D eigenvalue weighted by Gasteiger charge is -2.33. The molecule has 0 unspecified atom stereocenters. The van der Waals surface area contributed by atoms with Crippen molar-refractivity contribution in [2.24, 2.45) is 0 Å². The Morgan fingerprint density at radius 1 is 0.953 bits per heavy atom. The van der Waals surface area contributed by atoms with Crippen molar-refractivity contribution < 1.29 is 31.2 Å². The predicted octanol–water partition coefficient (Wildman–Crippen LogP) is 6.53. The molecule has 2 amide bonds. The smallest absolute Gasteiger partial charge is 0.352 e. The van der Waals surface area contributed by atoms with Crippen LogP contribution in [0.1, 0.15) is 50.2 Å². The molecule has 0 saturated heterocycles. The molecule has 0 aromatic heterocycles. The minimum Gasteiger partial charge on any atom is -0.352 e. The Balaban J connectivity index is 1.71. The second-order valence-electron chi connectivity index (χ2n) is 10.5. The summed E-state index contributed by atoms with van der Waals surface area (Å²) in [5, 5.41) is 3.02. The number of anilines is 1. The summed E-state index contributed by atoms with van der Waals surface area (Å²) < 4.78 is 69.9. The molecule has 1 aliphatic rings. The summed E-state index contributed by atoms with van der Waals surface area (Å²) in [6.45, 7) is 0.710. The molecule has 4 rings (SSSR count). The number of benzene rings is 3. The van der Waals surface area contributed by atoms with Crippen LogP contribution in [0.25, 0.3) is 0 Å². The number of carbonyl (C=O) groups is 2. The lowest BCUT2D eigenvalue weighted by Crippen LogP contribution is -2.53. The molecule has 0 radical (unpaired) electrons. The molecular weight excluding hydrogens is 647 g/mol. The van der Waals surface area contributed by atoms with Crippen LogP contribution in [0.3, 0.4) is 0 Å². The number of nitrogens with zero attached hydrogens (tertiary/aromatic N) is 2. The van der Waals surface area contributed by atoms with E-state index in [4.69, 9.17) is 0 Å². The maximum Gasteiger partial charge on any atom is 0.416 e. The number of sulfonamides is 1. The summed E-state index contributed by atoms with van der Waals surface area (Å²) in [6.07, 6.45) is -0.00266. The standard InChI is InChI=1S/C31H33BrF3N3O4S/c1-22(30(40)36-26-13-4-2-5-14-26)37(20-23-10-8-12-25(32)18-23)29(39)21-38(43(41,42)28-16-6-3-7-17-28)27-15-9-11-24(19-27)31(33,34)35/h3,6-12,15-19,22,26H,2,4-5,13-14,20-21H2,1H3,(H,36,40)/t22-/m1/s1. The van der Waals surface area contributed by atoms with Gasteiger partial charge in [0.15, 0.2) is 0 Å². The highest BCUT2D eigenvalue weighted by atomic mass is 79.9. The zero-order valence-electron chi connectivity index (χ0n) is 23.6. The van der Waals surface area contributed by atoms with Gasteiger partial charge in [0.2, 0.25) is 11.8 Å². The van der Waals surface area contributed by atoms with Crippen LogP contribution in [0, 0.1) is 0 Å². The monoisotopic (exact) mass is 679 g/mol. The molecule has 1 aliphatic carbocycles. The van der Waals surface area contributed by atoms with Crippen molar-refractivity contribution in [2.75, 3.05) is 10.8 Å². The van der Waals surface area contributed by atoms with Crippen LogP contribution in [0.4, 0.5) is 18.9 Å². The Bertz CT molecular complexity index is 1530. The van der Waals surface area contributed by atoms with Gasteiger partial charge in [0.25, 0.3) is 10.0 Å². The van der Waals surface area contributed by atoms with E-state index in [0.717, 1.165) is 48.7 Å². The van der Waals surface area contributed by atoms with Crippen LogP contribution in [-0.2, 0) is 32.3 Å². The fourth-order valence-electron chi connectivity index (χ4n) is 5.07. The summed E-state index contributed by atoms with van der Waals surface area (Å²) in [5.74, 6) is -1.13. The van der Waals surface area contributed by atoms with E-state index in [1.165, 1.54) is 35.2 Å². The zero-order valence-corrected chi connectivity index (χ0v) is 26.0. The van der Waals surface area contributed by atoms with Gasteiger partial charge < -0.3 is 10.2 Å². The average Bonchev–Trinajstić information content (AvgIpc) is 2.98. The van der Waals surface area contributed by atoms with Crippen molar-refractivity contribution in [3.8, 4) is 0 Å². The van der Waals surface area contributed by atoms with Gasteiger partial charge in [-0.3, -0.25) is 13.9 Å². The van der Waals surface area contributed by atoms with Crippen molar-refractivity contribution in [2.45, 2.75) is 68.7 Å². The largest absolute Gasteiger partial charge is 0.416 e. The van der Waals surface area contributed by atoms with Gasteiger partial charge in [0.05, 0.1) is 16.1 Å². The van der Waals surface area contributed by atoms with Crippen molar-refractivity contribution in [3.05, 3.63) is 94.5 Å². The summed E-state index contributed by atoms with van der Waals surface area (Å²) in [7, 11) is -4.48. The summed E-state index contributed by atoms with van der Waals surface area (Å²) in [4.78, 5) is 28.5. The Kier molecular flexibility index (Phi) is 10.5. The zero-order chi connectivity index (χ0) is 31.2. The molecule has 43 heavy (non-hydrogen) atoms. The molecule has 12 heteroatoms. The predicted molar refractivity (Wildman–Crippen MR) is 162 cm³/mol. The fraction of sp³-hybridized carbons (Fsp3) is 0.355. The minimum absolute atomic E-state index is 0.0217. The summed E-state index contributed by atoms with van der Waals surface area (Å²) >= 11 is 3.40. The lowest BCUT2D eigenvalue weighted by molar-refractivity contribution is -0.139. The molecule has 0 heterocycles. The van der Waals surface area contributed by atoms with E-state index in [-0.39, 0.29) is 29.1 Å². The third kappa shape index (κ3) is 8.38. The van der Waals surface area contributed by atoms with E-state index in [1.807, 2.05) is 0 Å². The second-order valence-corrected chi connectivity index (χ2v) is 13.3. The first kappa shape index (κ1) is 32.5. The summed E-state index contributed by atoms with van der Waals surface area (Å²) in [5.41, 5.74) is -0.706. The average molecular weight is 681 g/mol. The van der Waals surface area contributed by atoms with Gasteiger partial charge in [0.1, 0.15) is 12.6 Å². The van der Waals surface area contributed by atoms with E-state index in [0.29, 0.717) is 15.9 Å². The number of alkyl halides is 3. The first-order chi connectivity index (χ1) is 20.4. The van der Waals surface area contributed by atoms with E-state index in [9.17, 15) is 31.2 Å². The van der Waals surface area contributed by atoms with E-state index in [1.54, 1.807) is 37.3 Å². The molecular formula is C31H33BrF3N3O4S. The number of halogens is 4. The van der Waals surface area contributed by atoms with Gasteiger partial charge in [-0.1, -0.05) is 71.6 Å². The molecule has 230 valence electrons. The van der Waals surface area contributed by atoms with Crippen LogP contribution in [0.5, 0.6) is 0 Å². The maximum atomic E-state index is 14.0. The quantitative estimate of drug-likeness (QED) is 0.264. The Hall–Kier alpha value is -3.38. The Morgan fingerprint density at radius 3 is 2.28 bits per heavy atom. The highest BCUT2D eigenvalue weighted by Gasteiger charge is 2.35. The molecule has 0 aliphatic heterocycles. The van der Waals surface area contributed by atoms with E-state index in [2.05, 4.69) is 21.2 Å². The molecule has 0 spiro atoms. The van der Waals surface area contributed by atoms with Crippen molar-refractivity contribution in [1.29, 1.82) is 0 Å². The number of amides is 2. The number of nitrogens with one attached hydrogen (secondary N) is 1. The second kappa shape index (κ2) is 13.9. The SMILES string of the molecule is C[C@H](C(=O)NC1CCCCC1)N(Cc1cccc(Br)c1)C(=O)CN(c1cccc(C(F)(F)F)c1)S(=O)(=O)c1ccccc1. The Morgan fingerprint density at radius 2 is 1.63 bits per heavy atom. The molecule has 1 saturated carbocycles. The van der Waals surface area contributed by atoms with Gasteiger partial charge in [0, 0.05) is 17.1 Å². The van der Waals surface area contributed by atoms with Crippen molar-refractivity contribution >= 4 is 43.5 Å². The molecule has 1 fully saturated rings. The van der Waals surface area contributed by atoms with E-state index >= 15 is 0 Å². The molecule has 7 nitrogen and oxygen atoms in total. The highest BCUT2D eigenvalue weighted by molar-refractivity contribution is 9.10. The molecule has 0 bridgehead atoms. The maximum absolute atomic E-state index is 14.0. The number of hydrogen-bond acceptors (Lipinski definition) is 4. The van der Waals surface area contributed by atoms with Gasteiger partial charge in [-0.15, -0.1) is 0 Å². The van der Waals surface area contributed by atoms with E-state index < -0.39 is 40.3 Å². The number of carbonyl (C=O) groups excluding carboxylic acids is 2. The molecule has 3 aromatic rings. The first-order valence-electron chi connectivity index (χ1n) is 14.0. The molecule has 1 atom stereocenters. The van der Waals surface area contributed by atoms with Crippen LogP contribution in [-0.4, -0.2) is 43.8 Å². The molecule has 1 N–H and O–H groups in total. The van der Waals surface area contributed by atoms with Crippen LogP contribution in [0.2, 0.25) is 0 Å². The third-order valence-electron chi connectivity index (χ3n) is 7.43. The fourth-order valence-corrected chi connectivity index (χ4v) is 6.94. The van der Waals surface area contributed by atoms with Gasteiger partial charge in [-0.25, -0.2) is 8.42 Å². The van der Waals surface area contributed by atoms with Crippen LogP contribution >= 0.6 is 15.9 Å². The number of rotatable bonds is 10. The van der Waals surface area contributed by atoms with Crippen LogP contribution < -0.4 is 9.62 Å². The van der Waals surface area contributed by atoms with Crippen molar-refractivity contribution in [1.82, 2.24) is 10.2 Å². The topological polar surface area (TPSA) is 86.8 Å². The number of hydrogen-bond donors (Lipinski definition) is 1. The molecule has 3 aromatic carbocycles. The lowest BCUT2D eigenvalue weighted by atomic mass is 9.95. The summed E-state index contributed by atoms with van der Waals surface area (Å²) in [6, 6.07) is 17.1. The third-order valence-corrected chi connectivity index (χ3v) is 9.71.